The Kier molecular flexibility index (Phi) is 7.11. The van der Waals surface area contributed by atoms with Crippen molar-refractivity contribution < 1.29 is 4.74 Å². The molecule has 2 aliphatic heterocycles. The molecule has 12 heteroatoms. The van der Waals surface area contributed by atoms with E-state index in [1.54, 1.807) is 0 Å². The Morgan fingerprint density at radius 2 is 1.95 bits per heavy atom. The summed E-state index contributed by atoms with van der Waals surface area (Å²) < 4.78 is 5.34. The van der Waals surface area contributed by atoms with E-state index in [9.17, 15) is 10.5 Å². The molecule has 4 aromatic rings. The molecule has 1 atom stereocenters. The van der Waals surface area contributed by atoms with Crippen molar-refractivity contribution in [2.24, 2.45) is 0 Å². The van der Waals surface area contributed by atoms with Crippen LogP contribution in [0.3, 0.4) is 0 Å². The fourth-order valence-corrected chi connectivity index (χ4v) is 5.83. The number of hydrogen-bond donors (Lipinski definition) is 4. The molecule has 0 amide bonds. The molecule has 2 aromatic heterocycles. The third-order valence-electron chi connectivity index (χ3n) is 6.76. The van der Waals surface area contributed by atoms with Gasteiger partial charge in [-0.1, -0.05) is 29.3 Å². The van der Waals surface area contributed by atoms with Crippen LogP contribution in [0.5, 0.6) is 0 Å². The lowest BCUT2D eigenvalue weighted by Crippen LogP contribution is -2.52. The summed E-state index contributed by atoms with van der Waals surface area (Å²) in [5.41, 5.74) is 11.8. The minimum absolute atomic E-state index is 0.234. The number of hydrogen-bond acceptors (Lipinski definition) is 10. The number of fused-ring (bicyclic) bond motifs is 1. The third-order valence-corrected chi connectivity index (χ3v) is 8.46. The maximum Gasteiger partial charge on any atom is 0.104 e. The van der Waals surface area contributed by atoms with Gasteiger partial charge >= 0.3 is 0 Å². The summed E-state index contributed by atoms with van der Waals surface area (Å²) in [7, 11) is 0. The van der Waals surface area contributed by atoms with Gasteiger partial charge < -0.3 is 20.8 Å². The lowest BCUT2D eigenvalue weighted by Gasteiger charge is -2.33. The van der Waals surface area contributed by atoms with E-state index in [0.717, 1.165) is 21.8 Å². The monoisotopic (exact) mass is 588 g/mol. The number of hydrazine groups is 2. The second-order valence-electron chi connectivity index (χ2n) is 9.45. The predicted octanol–water partition coefficient (Wildman–Crippen LogP) is 6.12. The van der Waals surface area contributed by atoms with Crippen LogP contribution in [-0.4, -0.2) is 29.2 Å². The van der Waals surface area contributed by atoms with Crippen molar-refractivity contribution >= 4 is 62.5 Å². The zero-order valence-electron chi connectivity index (χ0n) is 21.1. The molecule has 40 heavy (non-hydrogen) atoms. The van der Waals surface area contributed by atoms with Crippen molar-refractivity contribution in [1.82, 2.24) is 21.0 Å². The van der Waals surface area contributed by atoms with E-state index in [-0.39, 0.29) is 12.1 Å². The van der Waals surface area contributed by atoms with E-state index in [1.807, 2.05) is 59.9 Å². The Morgan fingerprint density at radius 3 is 2.65 bits per heavy atom. The molecule has 200 valence electrons. The van der Waals surface area contributed by atoms with E-state index in [2.05, 4.69) is 38.7 Å². The van der Waals surface area contributed by atoms with Crippen LogP contribution in [0.1, 0.15) is 27.6 Å². The quantitative estimate of drug-likeness (QED) is 0.202. The first-order valence-corrected chi connectivity index (χ1v) is 14.0. The van der Waals surface area contributed by atoms with E-state index < -0.39 is 0 Å². The van der Waals surface area contributed by atoms with Crippen molar-refractivity contribution in [3.8, 4) is 12.1 Å². The number of ether oxygens (including phenoxy) is 1. The highest BCUT2D eigenvalue weighted by molar-refractivity contribution is 7.10. The smallest absolute Gasteiger partial charge is 0.104 e. The Morgan fingerprint density at radius 1 is 1.12 bits per heavy atom. The molecule has 9 nitrogen and oxygen atoms in total. The third kappa shape index (κ3) is 5.00. The first-order chi connectivity index (χ1) is 19.4. The second kappa shape index (κ2) is 10.9. The zero-order valence-corrected chi connectivity index (χ0v) is 23.5. The average Bonchev–Trinajstić information content (AvgIpc) is 3.59. The SMILES string of the molecule is Cc1ccc(Nc2c(C#N)cnc3c(Cl)cc(N[C@H](C4=CN(C5COC5)NN4)c4cc(C#N)cs4)cc23)cc1Cl. The van der Waals surface area contributed by atoms with Gasteiger partial charge in [-0.25, -0.2) is 0 Å². The lowest BCUT2D eigenvalue weighted by molar-refractivity contribution is -0.0635. The fourth-order valence-electron chi connectivity index (χ4n) is 4.48. The number of anilines is 3. The molecule has 0 aliphatic carbocycles. The van der Waals surface area contributed by atoms with Crippen LogP contribution in [0, 0.1) is 29.6 Å². The summed E-state index contributed by atoms with van der Waals surface area (Å²) >= 11 is 14.6. The molecule has 0 radical (unpaired) electrons. The molecule has 0 spiro atoms. The summed E-state index contributed by atoms with van der Waals surface area (Å²) in [6.45, 7) is 3.22. The van der Waals surface area contributed by atoms with Gasteiger partial charge in [-0.2, -0.15) is 10.5 Å². The van der Waals surface area contributed by atoms with Crippen molar-refractivity contribution in [3.63, 3.8) is 0 Å². The fraction of sp³-hybridized carbons (Fsp3) is 0.179. The van der Waals surface area contributed by atoms with Gasteiger partial charge in [-0.15, -0.1) is 16.9 Å². The predicted molar refractivity (Wildman–Crippen MR) is 157 cm³/mol. The van der Waals surface area contributed by atoms with Gasteiger partial charge in [-0.05, 0) is 42.8 Å². The molecule has 2 aromatic carbocycles. The Balaban J connectivity index is 1.41. The number of aryl methyl sites for hydroxylation is 1. The summed E-state index contributed by atoms with van der Waals surface area (Å²) in [4.78, 5) is 5.41. The topological polar surface area (TPSA) is 121 Å². The van der Waals surface area contributed by atoms with Crippen LogP contribution < -0.4 is 21.6 Å². The van der Waals surface area contributed by atoms with Crippen LogP contribution >= 0.6 is 34.5 Å². The molecule has 0 bridgehead atoms. The Bertz CT molecular complexity index is 1740. The van der Waals surface area contributed by atoms with Gasteiger partial charge in [0.25, 0.3) is 0 Å². The lowest BCUT2D eigenvalue weighted by atomic mass is 10.1. The summed E-state index contributed by atoms with van der Waals surface area (Å²) in [6, 6.07) is 15.6. The molecule has 0 saturated carbocycles. The van der Waals surface area contributed by atoms with Gasteiger partial charge in [0, 0.05) is 44.4 Å². The standard InChI is InChI=1S/C28H22Cl2N8OS/c1-15-2-3-18(6-22(15)29)34-26-17(9-32)10-33-27-21(26)5-19(7-23(27)30)35-28(25-4-16(8-31)14-40-25)24-11-38(37-36-24)20-12-39-13-20/h2-7,10-11,14,20,28,35-37H,12-13H2,1H3,(H,33,34)/t28-/m1/s1. The van der Waals surface area contributed by atoms with E-state index in [4.69, 9.17) is 27.9 Å². The number of nitrogens with zero attached hydrogens (tertiary/aromatic N) is 4. The number of aromatic nitrogens is 1. The molecule has 6 rings (SSSR count). The van der Waals surface area contributed by atoms with Gasteiger partial charge in [0.05, 0.1) is 52.3 Å². The number of thiophene rings is 1. The van der Waals surface area contributed by atoms with Gasteiger partial charge in [0.2, 0.25) is 0 Å². The van der Waals surface area contributed by atoms with E-state index in [1.165, 1.54) is 17.5 Å². The number of benzene rings is 2. The number of pyridine rings is 1. The summed E-state index contributed by atoms with van der Waals surface area (Å²) in [6.07, 6.45) is 3.51. The average molecular weight is 590 g/mol. The van der Waals surface area contributed by atoms with Crippen LogP contribution in [-0.2, 0) is 4.74 Å². The molecule has 1 saturated heterocycles. The molecule has 1 fully saturated rings. The van der Waals surface area contributed by atoms with E-state index >= 15 is 0 Å². The summed E-state index contributed by atoms with van der Waals surface area (Å²) in [5.74, 6) is 0. The van der Waals surface area contributed by atoms with E-state index in [0.29, 0.717) is 56.7 Å². The van der Waals surface area contributed by atoms with Gasteiger partial charge in [0.15, 0.2) is 0 Å². The maximum atomic E-state index is 9.89. The van der Waals surface area contributed by atoms with Crippen LogP contribution in [0.15, 0.2) is 59.9 Å². The molecular weight excluding hydrogens is 567 g/mol. The highest BCUT2D eigenvalue weighted by Gasteiger charge is 2.31. The first kappa shape index (κ1) is 26.2. The minimum Gasteiger partial charge on any atom is -0.377 e. The zero-order chi connectivity index (χ0) is 27.8. The Labute approximate surface area is 244 Å². The molecule has 4 heterocycles. The van der Waals surface area contributed by atoms with Crippen LogP contribution in [0.25, 0.3) is 10.9 Å². The second-order valence-corrected chi connectivity index (χ2v) is 11.2. The highest BCUT2D eigenvalue weighted by atomic mass is 35.5. The minimum atomic E-state index is -0.321. The van der Waals surface area contributed by atoms with Gasteiger partial charge in [0.1, 0.15) is 18.2 Å². The van der Waals surface area contributed by atoms with Crippen molar-refractivity contribution in [2.45, 2.75) is 19.0 Å². The van der Waals surface area contributed by atoms with Crippen molar-refractivity contribution in [3.05, 3.63) is 91.5 Å². The first-order valence-electron chi connectivity index (χ1n) is 12.3. The number of rotatable bonds is 7. The van der Waals surface area contributed by atoms with Crippen molar-refractivity contribution in [2.75, 3.05) is 23.8 Å². The van der Waals surface area contributed by atoms with Crippen molar-refractivity contribution in [1.29, 1.82) is 10.5 Å². The molecule has 2 aliphatic rings. The van der Waals surface area contributed by atoms with Gasteiger partial charge in [-0.3, -0.25) is 9.99 Å². The number of nitrogens with one attached hydrogen (secondary N) is 4. The Hall–Kier alpha value is -4.03. The van der Waals surface area contributed by atoms with Crippen LogP contribution in [0.4, 0.5) is 17.1 Å². The number of nitriles is 2. The summed E-state index contributed by atoms with van der Waals surface area (Å²) in [5, 5.41) is 31.8. The highest BCUT2D eigenvalue weighted by Crippen LogP contribution is 2.38. The molecule has 0 unspecified atom stereocenters. The number of halogens is 2. The molecule has 4 N–H and O–H groups in total. The van der Waals surface area contributed by atoms with Crippen LogP contribution in [0.2, 0.25) is 10.0 Å². The molecular formula is C28H22Cl2N8OS. The largest absolute Gasteiger partial charge is 0.377 e. The normalized spacial score (nSPS) is 15.5. The maximum absolute atomic E-state index is 9.89.